The van der Waals surface area contributed by atoms with Gasteiger partial charge in [-0.3, -0.25) is 10.1 Å². The van der Waals surface area contributed by atoms with Crippen LogP contribution in [0.1, 0.15) is 45.7 Å². The van der Waals surface area contributed by atoms with Gasteiger partial charge in [-0.15, -0.1) is 0 Å². The summed E-state index contributed by atoms with van der Waals surface area (Å²) in [5.41, 5.74) is 1.20. The first-order valence-corrected chi connectivity index (χ1v) is 7.09. The Morgan fingerprint density at radius 2 is 1.74 bits per heavy atom. The van der Waals surface area contributed by atoms with Gasteiger partial charge in [0.25, 0.3) is 0 Å². The van der Waals surface area contributed by atoms with Crippen LogP contribution in [-0.2, 0) is 4.79 Å². The highest BCUT2D eigenvalue weighted by molar-refractivity contribution is 5.81. The SMILES string of the molecule is CC(C)CCNC(=O)C(C)NC(C)c1ccccc1. The second-order valence-electron chi connectivity index (χ2n) is 5.49. The summed E-state index contributed by atoms with van der Waals surface area (Å²) < 4.78 is 0. The average molecular weight is 262 g/mol. The van der Waals surface area contributed by atoms with Crippen LogP contribution in [0.15, 0.2) is 30.3 Å². The lowest BCUT2D eigenvalue weighted by Gasteiger charge is -2.20. The van der Waals surface area contributed by atoms with E-state index in [0.717, 1.165) is 13.0 Å². The molecule has 1 amide bonds. The summed E-state index contributed by atoms with van der Waals surface area (Å²) in [5.74, 6) is 0.690. The van der Waals surface area contributed by atoms with E-state index in [-0.39, 0.29) is 18.0 Å². The predicted octanol–water partition coefficient (Wildman–Crippen LogP) is 2.89. The van der Waals surface area contributed by atoms with Crippen LogP contribution in [-0.4, -0.2) is 18.5 Å². The van der Waals surface area contributed by atoms with E-state index in [1.807, 2.05) is 25.1 Å². The van der Waals surface area contributed by atoms with E-state index < -0.39 is 0 Å². The van der Waals surface area contributed by atoms with E-state index in [1.165, 1.54) is 5.56 Å². The number of carbonyl (C=O) groups is 1. The molecule has 0 heterocycles. The molecule has 0 aromatic heterocycles. The summed E-state index contributed by atoms with van der Waals surface area (Å²) in [7, 11) is 0. The van der Waals surface area contributed by atoms with Crippen LogP contribution in [0.4, 0.5) is 0 Å². The molecule has 0 radical (unpaired) electrons. The highest BCUT2D eigenvalue weighted by Crippen LogP contribution is 2.11. The van der Waals surface area contributed by atoms with Crippen LogP contribution in [0.2, 0.25) is 0 Å². The molecule has 2 atom stereocenters. The Labute approximate surface area is 116 Å². The van der Waals surface area contributed by atoms with Gasteiger partial charge in [-0.1, -0.05) is 44.2 Å². The molecule has 0 bridgehead atoms. The molecule has 0 saturated carbocycles. The highest BCUT2D eigenvalue weighted by atomic mass is 16.2. The molecular formula is C16H26N2O. The van der Waals surface area contributed by atoms with Gasteiger partial charge >= 0.3 is 0 Å². The fourth-order valence-corrected chi connectivity index (χ4v) is 1.93. The quantitative estimate of drug-likeness (QED) is 0.793. The number of rotatable bonds is 7. The van der Waals surface area contributed by atoms with Crippen molar-refractivity contribution in [3.05, 3.63) is 35.9 Å². The summed E-state index contributed by atoms with van der Waals surface area (Å²) in [5, 5.41) is 6.29. The summed E-state index contributed by atoms with van der Waals surface area (Å²) >= 11 is 0. The Hall–Kier alpha value is -1.35. The van der Waals surface area contributed by atoms with Gasteiger partial charge in [0.05, 0.1) is 6.04 Å². The first-order valence-electron chi connectivity index (χ1n) is 7.09. The lowest BCUT2D eigenvalue weighted by atomic mass is 10.1. The molecule has 0 fully saturated rings. The van der Waals surface area contributed by atoms with Gasteiger partial charge in [0.1, 0.15) is 0 Å². The van der Waals surface area contributed by atoms with Crippen LogP contribution < -0.4 is 10.6 Å². The summed E-state index contributed by atoms with van der Waals surface area (Å²) in [6.45, 7) is 9.05. The van der Waals surface area contributed by atoms with Crippen molar-refractivity contribution in [3.8, 4) is 0 Å². The normalized spacial score (nSPS) is 14.2. The third kappa shape index (κ3) is 5.88. The number of carbonyl (C=O) groups excluding carboxylic acids is 1. The van der Waals surface area contributed by atoms with Gasteiger partial charge in [-0.05, 0) is 31.7 Å². The largest absolute Gasteiger partial charge is 0.355 e. The zero-order chi connectivity index (χ0) is 14.3. The van der Waals surface area contributed by atoms with E-state index in [4.69, 9.17) is 0 Å². The van der Waals surface area contributed by atoms with Gasteiger partial charge in [0.15, 0.2) is 0 Å². The van der Waals surface area contributed by atoms with Gasteiger partial charge in [0.2, 0.25) is 5.91 Å². The molecule has 2 unspecified atom stereocenters. The number of nitrogens with one attached hydrogen (secondary N) is 2. The third-order valence-electron chi connectivity index (χ3n) is 3.21. The summed E-state index contributed by atoms with van der Waals surface area (Å²) in [4.78, 5) is 11.9. The van der Waals surface area contributed by atoms with Crippen LogP contribution in [0, 0.1) is 5.92 Å². The van der Waals surface area contributed by atoms with Crippen molar-refractivity contribution in [1.29, 1.82) is 0 Å². The molecule has 1 rings (SSSR count). The van der Waals surface area contributed by atoms with E-state index in [1.54, 1.807) is 0 Å². The molecule has 1 aromatic carbocycles. The Kier molecular flexibility index (Phi) is 6.57. The molecule has 0 aliphatic heterocycles. The molecule has 19 heavy (non-hydrogen) atoms. The van der Waals surface area contributed by atoms with E-state index in [0.29, 0.717) is 5.92 Å². The maximum Gasteiger partial charge on any atom is 0.236 e. The number of hydrogen-bond acceptors (Lipinski definition) is 2. The van der Waals surface area contributed by atoms with E-state index >= 15 is 0 Å². The zero-order valence-electron chi connectivity index (χ0n) is 12.4. The Morgan fingerprint density at radius 3 is 2.32 bits per heavy atom. The van der Waals surface area contributed by atoms with E-state index in [9.17, 15) is 4.79 Å². The zero-order valence-corrected chi connectivity index (χ0v) is 12.4. The predicted molar refractivity (Wildman–Crippen MR) is 79.9 cm³/mol. The Balaban J connectivity index is 2.37. The van der Waals surface area contributed by atoms with Crippen molar-refractivity contribution in [2.24, 2.45) is 5.92 Å². The molecule has 106 valence electrons. The van der Waals surface area contributed by atoms with Crippen molar-refractivity contribution >= 4 is 5.91 Å². The van der Waals surface area contributed by atoms with Gasteiger partial charge < -0.3 is 5.32 Å². The molecule has 1 aromatic rings. The molecular weight excluding hydrogens is 236 g/mol. The molecule has 2 N–H and O–H groups in total. The van der Waals surface area contributed by atoms with Crippen molar-refractivity contribution in [1.82, 2.24) is 10.6 Å². The van der Waals surface area contributed by atoms with Crippen molar-refractivity contribution in [2.75, 3.05) is 6.54 Å². The summed E-state index contributed by atoms with van der Waals surface area (Å²) in [6, 6.07) is 10.2. The second-order valence-corrected chi connectivity index (χ2v) is 5.49. The van der Waals surface area contributed by atoms with Crippen molar-refractivity contribution < 1.29 is 4.79 Å². The minimum atomic E-state index is -0.178. The van der Waals surface area contributed by atoms with Crippen molar-refractivity contribution in [2.45, 2.75) is 46.2 Å². The third-order valence-corrected chi connectivity index (χ3v) is 3.21. The lowest BCUT2D eigenvalue weighted by molar-refractivity contribution is -0.122. The van der Waals surface area contributed by atoms with Gasteiger partial charge in [-0.2, -0.15) is 0 Å². The smallest absolute Gasteiger partial charge is 0.236 e. The molecule has 3 heteroatoms. The summed E-state index contributed by atoms with van der Waals surface area (Å²) in [6.07, 6.45) is 1.02. The topological polar surface area (TPSA) is 41.1 Å². The molecule has 0 aliphatic rings. The Morgan fingerprint density at radius 1 is 1.11 bits per heavy atom. The van der Waals surface area contributed by atoms with Crippen LogP contribution >= 0.6 is 0 Å². The number of hydrogen-bond donors (Lipinski definition) is 2. The monoisotopic (exact) mass is 262 g/mol. The first kappa shape index (κ1) is 15.7. The lowest BCUT2D eigenvalue weighted by Crippen LogP contribution is -2.43. The van der Waals surface area contributed by atoms with Crippen molar-refractivity contribution in [3.63, 3.8) is 0 Å². The number of benzene rings is 1. The fraction of sp³-hybridized carbons (Fsp3) is 0.562. The highest BCUT2D eigenvalue weighted by Gasteiger charge is 2.15. The molecule has 0 saturated heterocycles. The fourth-order valence-electron chi connectivity index (χ4n) is 1.93. The molecule has 0 spiro atoms. The molecule has 3 nitrogen and oxygen atoms in total. The van der Waals surface area contributed by atoms with E-state index in [2.05, 4.69) is 43.5 Å². The average Bonchev–Trinajstić information content (AvgIpc) is 2.39. The first-order chi connectivity index (χ1) is 9.00. The van der Waals surface area contributed by atoms with Gasteiger partial charge in [-0.25, -0.2) is 0 Å². The maximum absolute atomic E-state index is 11.9. The van der Waals surface area contributed by atoms with Crippen LogP contribution in [0.25, 0.3) is 0 Å². The maximum atomic E-state index is 11.9. The second kappa shape index (κ2) is 7.95. The minimum absolute atomic E-state index is 0.0726. The van der Waals surface area contributed by atoms with Gasteiger partial charge in [0, 0.05) is 12.6 Å². The number of amides is 1. The standard InChI is InChI=1S/C16H26N2O/c1-12(2)10-11-17-16(19)14(4)18-13(3)15-8-6-5-7-9-15/h5-9,12-14,18H,10-11H2,1-4H3,(H,17,19). The minimum Gasteiger partial charge on any atom is -0.355 e. The van der Waals surface area contributed by atoms with Crippen LogP contribution in [0.3, 0.4) is 0 Å². The van der Waals surface area contributed by atoms with Crippen LogP contribution in [0.5, 0.6) is 0 Å². The Bertz CT molecular complexity index is 376. The molecule has 0 aliphatic carbocycles.